The van der Waals surface area contributed by atoms with Gasteiger partial charge in [0.05, 0.1) is 35.2 Å². The molecule has 2 saturated heterocycles. The highest BCUT2D eigenvalue weighted by molar-refractivity contribution is 7.89. The van der Waals surface area contributed by atoms with Gasteiger partial charge in [-0.25, -0.2) is 13.2 Å². The van der Waals surface area contributed by atoms with Gasteiger partial charge in [0.2, 0.25) is 10.0 Å². The van der Waals surface area contributed by atoms with Gasteiger partial charge in [-0.05, 0) is 31.0 Å². The van der Waals surface area contributed by atoms with Crippen LogP contribution in [-0.4, -0.2) is 53.9 Å². The van der Waals surface area contributed by atoms with E-state index in [1.165, 1.54) is 13.4 Å². The molecule has 0 N–H and O–H groups in total. The highest BCUT2D eigenvalue weighted by atomic mass is 32.2. The molecule has 1 atom stereocenters. The molecule has 0 amide bonds. The van der Waals surface area contributed by atoms with Gasteiger partial charge in [0, 0.05) is 20.6 Å². The Morgan fingerprint density at radius 1 is 1.04 bits per heavy atom. The van der Waals surface area contributed by atoms with E-state index in [1.54, 1.807) is 32.3 Å². The summed E-state index contributed by atoms with van der Waals surface area (Å²) >= 11 is 0. The number of sulfonamides is 1. The van der Waals surface area contributed by atoms with Crippen molar-refractivity contribution in [3.05, 3.63) is 28.7 Å². The molecule has 9 heteroatoms. The first kappa shape index (κ1) is 17.7. The van der Waals surface area contributed by atoms with Gasteiger partial charge < -0.3 is 9.47 Å². The summed E-state index contributed by atoms with van der Waals surface area (Å²) in [6.45, 7) is 1.43. The summed E-state index contributed by atoms with van der Waals surface area (Å²) in [6.07, 6.45) is 1.98. The highest BCUT2D eigenvalue weighted by Gasteiger charge is 2.40. The lowest BCUT2D eigenvalue weighted by Crippen LogP contribution is -2.50. The van der Waals surface area contributed by atoms with Gasteiger partial charge in [-0.1, -0.05) is 6.42 Å². The van der Waals surface area contributed by atoms with Crippen molar-refractivity contribution in [2.45, 2.75) is 36.5 Å². The second kappa shape index (κ2) is 6.49. The fourth-order valence-corrected chi connectivity index (χ4v) is 5.58. The Balaban J connectivity index is 1.76. The van der Waals surface area contributed by atoms with Crippen LogP contribution < -0.4 is 5.69 Å². The van der Waals surface area contributed by atoms with Crippen LogP contribution in [0.1, 0.15) is 19.3 Å². The van der Waals surface area contributed by atoms with Crippen LogP contribution in [0, 0.1) is 0 Å². The van der Waals surface area contributed by atoms with Gasteiger partial charge in [-0.3, -0.25) is 9.13 Å². The number of rotatable bonds is 3. The van der Waals surface area contributed by atoms with Crippen molar-refractivity contribution in [3.8, 4) is 0 Å². The van der Waals surface area contributed by atoms with Crippen LogP contribution in [0.15, 0.2) is 27.9 Å². The van der Waals surface area contributed by atoms with Gasteiger partial charge >= 0.3 is 5.69 Å². The standard InChI is InChI=1S/C17H23N3O5S/c1-18-13-7-6-12(11-15(13)19(2)17(18)21)26(22,23)20-8-4-3-5-14(20)16-24-9-10-25-16/h6-7,11,14,16H,3-5,8-10H2,1-2H3. The largest absolute Gasteiger partial charge is 0.349 e. The fraction of sp³-hybridized carbons (Fsp3) is 0.588. The third kappa shape index (κ3) is 2.70. The summed E-state index contributed by atoms with van der Waals surface area (Å²) in [5.41, 5.74) is 1.12. The number of hydrogen-bond acceptors (Lipinski definition) is 5. The third-order valence-corrected chi connectivity index (χ3v) is 7.23. The molecule has 0 bridgehead atoms. The fourth-order valence-electron chi connectivity index (χ4n) is 3.88. The van der Waals surface area contributed by atoms with Crippen LogP contribution in [-0.2, 0) is 33.6 Å². The molecule has 2 aliphatic rings. The zero-order valence-electron chi connectivity index (χ0n) is 14.9. The zero-order chi connectivity index (χ0) is 18.5. The van der Waals surface area contributed by atoms with Crippen LogP contribution in [0.2, 0.25) is 0 Å². The van der Waals surface area contributed by atoms with Crippen LogP contribution in [0.4, 0.5) is 0 Å². The number of fused-ring (bicyclic) bond motifs is 1. The number of piperidine rings is 1. The van der Waals surface area contributed by atoms with E-state index in [2.05, 4.69) is 0 Å². The van der Waals surface area contributed by atoms with Gasteiger partial charge in [-0.15, -0.1) is 0 Å². The van der Waals surface area contributed by atoms with E-state index in [-0.39, 0.29) is 16.6 Å². The zero-order valence-corrected chi connectivity index (χ0v) is 15.7. The van der Waals surface area contributed by atoms with Crippen LogP contribution in [0.5, 0.6) is 0 Å². The summed E-state index contributed by atoms with van der Waals surface area (Å²) < 4.78 is 42.3. The number of ether oxygens (including phenoxy) is 2. The molecule has 4 rings (SSSR count). The van der Waals surface area contributed by atoms with Crippen LogP contribution >= 0.6 is 0 Å². The molecule has 8 nitrogen and oxygen atoms in total. The Morgan fingerprint density at radius 2 is 1.73 bits per heavy atom. The summed E-state index contributed by atoms with van der Waals surface area (Å²) in [4.78, 5) is 12.3. The molecule has 2 fully saturated rings. The number of hydrogen-bond donors (Lipinski definition) is 0. The van der Waals surface area contributed by atoms with Crippen molar-refractivity contribution in [2.24, 2.45) is 14.1 Å². The average Bonchev–Trinajstić information content (AvgIpc) is 3.26. The monoisotopic (exact) mass is 381 g/mol. The van der Waals surface area contributed by atoms with Crippen molar-refractivity contribution in [1.82, 2.24) is 13.4 Å². The normalized spacial score (nSPS) is 23.1. The van der Waals surface area contributed by atoms with Gasteiger partial charge in [-0.2, -0.15) is 4.31 Å². The second-order valence-electron chi connectivity index (χ2n) is 6.84. The first-order valence-corrected chi connectivity index (χ1v) is 10.3. The van der Waals surface area contributed by atoms with E-state index >= 15 is 0 Å². The van der Waals surface area contributed by atoms with E-state index in [0.29, 0.717) is 30.8 Å². The van der Waals surface area contributed by atoms with Gasteiger partial charge in [0.25, 0.3) is 0 Å². The Labute approximate surface area is 152 Å². The lowest BCUT2D eigenvalue weighted by Gasteiger charge is -2.36. The van der Waals surface area contributed by atoms with Crippen molar-refractivity contribution in [1.29, 1.82) is 0 Å². The molecule has 1 unspecified atom stereocenters. The Morgan fingerprint density at radius 3 is 2.46 bits per heavy atom. The van der Waals surface area contributed by atoms with E-state index < -0.39 is 16.3 Å². The molecule has 0 spiro atoms. The summed E-state index contributed by atoms with van der Waals surface area (Å²) in [7, 11) is -0.393. The maximum Gasteiger partial charge on any atom is 0.328 e. The smallest absolute Gasteiger partial charge is 0.328 e. The lowest BCUT2D eigenvalue weighted by atomic mass is 10.0. The molecule has 3 heterocycles. The molecule has 1 aromatic heterocycles. The number of imidazole rings is 1. The average molecular weight is 381 g/mol. The molecule has 2 aliphatic heterocycles. The predicted octanol–water partition coefficient (Wildman–Crippen LogP) is 0.793. The Hall–Kier alpha value is -1.68. The highest BCUT2D eigenvalue weighted by Crippen LogP contribution is 2.30. The molecule has 142 valence electrons. The summed E-state index contributed by atoms with van der Waals surface area (Å²) in [6, 6.07) is 4.52. The van der Waals surface area contributed by atoms with E-state index in [9.17, 15) is 13.2 Å². The van der Waals surface area contributed by atoms with E-state index in [1.807, 2.05) is 0 Å². The van der Waals surface area contributed by atoms with Crippen molar-refractivity contribution < 1.29 is 17.9 Å². The van der Waals surface area contributed by atoms with E-state index in [0.717, 1.165) is 19.3 Å². The topological polar surface area (TPSA) is 82.8 Å². The van der Waals surface area contributed by atoms with Gasteiger partial charge in [0.1, 0.15) is 0 Å². The molecule has 2 aromatic rings. The maximum atomic E-state index is 13.3. The van der Waals surface area contributed by atoms with Crippen molar-refractivity contribution in [2.75, 3.05) is 19.8 Å². The van der Waals surface area contributed by atoms with Crippen LogP contribution in [0.3, 0.4) is 0 Å². The molecule has 1 aromatic carbocycles. The molecule has 0 saturated carbocycles. The number of aryl methyl sites for hydroxylation is 2. The minimum absolute atomic E-state index is 0.182. The van der Waals surface area contributed by atoms with Crippen molar-refractivity contribution >= 4 is 21.1 Å². The number of benzene rings is 1. The first-order valence-electron chi connectivity index (χ1n) is 8.82. The van der Waals surface area contributed by atoms with E-state index in [4.69, 9.17) is 9.47 Å². The minimum Gasteiger partial charge on any atom is -0.349 e. The SMILES string of the molecule is Cn1c(=O)n(C)c2cc(S(=O)(=O)N3CCCCC3C3OCCO3)ccc21. The molecular weight excluding hydrogens is 358 g/mol. The summed E-state index contributed by atoms with van der Waals surface area (Å²) in [5, 5.41) is 0. The summed E-state index contributed by atoms with van der Waals surface area (Å²) in [5.74, 6) is 0. The quantitative estimate of drug-likeness (QED) is 0.785. The number of aromatic nitrogens is 2. The Kier molecular flexibility index (Phi) is 4.42. The van der Waals surface area contributed by atoms with Gasteiger partial charge in [0.15, 0.2) is 6.29 Å². The molecular formula is C17H23N3O5S. The first-order chi connectivity index (χ1) is 12.4. The Bertz CT molecular complexity index is 988. The predicted molar refractivity (Wildman–Crippen MR) is 95.4 cm³/mol. The third-order valence-electron chi connectivity index (χ3n) is 5.31. The van der Waals surface area contributed by atoms with Crippen LogP contribution in [0.25, 0.3) is 11.0 Å². The second-order valence-corrected chi connectivity index (χ2v) is 8.73. The van der Waals surface area contributed by atoms with Crippen molar-refractivity contribution in [3.63, 3.8) is 0 Å². The molecule has 26 heavy (non-hydrogen) atoms. The lowest BCUT2D eigenvalue weighted by molar-refractivity contribution is -0.0913. The maximum absolute atomic E-state index is 13.3. The molecule has 0 radical (unpaired) electrons. The molecule has 0 aliphatic carbocycles. The minimum atomic E-state index is -3.71. The number of nitrogens with zero attached hydrogens (tertiary/aromatic N) is 3.